The van der Waals surface area contributed by atoms with Crippen molar-refractivity contribution in [3.05, 3.63) is 28.7 Å². The fraction of sp³-hybridized carbons (Fsp3) is 0.462. The summed E-state index contributed by atoms with van der Waals surface area (Å²) in [6, 6.07) is 5.71. The van der Waals surface area contributed by atoms with Crippen LogP contribution >= 0.6 is 15.9 Å². The molecule has 0 aliphatic rings. The number of benzene rings is 1. The molecule has 1 aromatic rings. The first kappa shape index (κ1) is 19.0. The molecule has 0 saturated carbocycles. The largest absolute Gasteiger partial charge is 0.349 e. The van der Waals surface area contributed by atoms with Gasteiger partial charge in [-0.15, -0.1) is 0 Å². The van der Waals surface area contributed by atoms with Crippen molar-refractivity contribution in [2.45, 2.75) is 29.4 Å². The van der Waals surface area contributed by atoms with Crippen molar-refractivity contribution in [1.29, 1.82) is 0 Å². The van der Waals surface area contributed by atoms with Crippen LogP contribution in [0.5, 0.6) is 0 Å². The fourth-order valence-corrected chi connectivity index (χ4v) is 3.19. The Morgan fingerprint density at radius 3 is 2.23 bits per heavy atom. The SMILES string of the molecule is CC(C)(C(=O)NCC(F)(F)CN)S(=O)(=O)c1ccc(Br)cc1. The first-order valence-electron chi connectivity index (χ1n) is 6.30. The number of rotatable bonds is 6. The van der Waals surface area contributed by atoms with Gasteiger partial charge in [-0.1, -0.05) is 15.9 Å². The van der Waals surface area contributed by atoms with Crippen LogP contribution in [0.2, 0.25) is 0 Å². The highest BCUT2D eigenvalue weighted by atomic mass is 79.9. The lowest BCUT2D eigenvalue weighted by Gasteiger charge is -2.25. The number of halogens is 3. The van der Waals surface area contributed by atoms with Crippen molar-refractivity contribution >= 4 is 31.7 Å². The van der Waals surface area contributed by atoms with Crippen LogP contribution < -0.4 is 11.1 Å². The van der Waals surface area contributed by atoms with Crippen LogP contribution in [0, 0.1) is 0 Å². The van der Waals surface area contributed by atoms with Gasteiger partial charge < -0.3 is 11.1 Å². The number of hydrogen-bond acceptors (Lipinski definition) is 4. The molecule has 0 radical (unpaired) electrons. The number of sulfone groups is 1. The molecule has 0 aliphatic heterocycles. The number of carbonyl (C=O) groups excluding carboxylic acids is 1. The highest BCUT2D eigenvalue weighted by Gasteiger charge is 2.43. The van der Waals surface area contributed by atoms with Crippen molar-refractivity contribution in [3.63, 3.8) is 0 Å². The molecule has 9 heteroatoms. The van der Waals surface area contributed by atoms with E-state index >= 15 is 0 Å². The van der Waals surface area contributed by atoms with Gasteiger partial charge in [-0.25, -0.2) is 17.2 Å². The minimum Gasteiger partial charge on any atom is -0.349 e. The molecule has 0 aromatic heterocycles. The lowest BCUT2D eigenvalue weighted by molar-refractivity contribution is -0.124. The molecular formula is C13H17BrF2N2O3S. The minimum absolute atomic E-state index is 0.0681. The van der Waals surface area contributed by atoms with Gasteiger partial charge in [-0.3, -0.25) is 4.79 Å². The molecule has 0 saturated heterocycles. The molecule has 0 spiro atoms. The van der Waals surface area contributed by atoms with Gasteiger partial charge in [0, 0.05) is 4.47 Å². The number of amides is 1. The van der Waals surface area contributed by atoms with Gasteiger partial charge in [-0.05, 0) is 38.1 Å². The van der Waals surface area contributed by atoms with Crippen LogP contribution in [0.1, 0.15) is 13.8 Å². The monoisotopic (exact) mass is 398 g/mol. The predicted octanol–water partition coefficient (Wildman–Crippen LogP) is 1.71. The van der Waals surface area contributed by atoms with E-state index < -0.39 is 39.5 Å². The molecule has 1 aromatic carbocycles. The highest BCUT2D eigenvalue weighted by molar-refractivity contribution is 9.10. The van der Waals surface area contributed by atoms with Crippen LogP contribution in [-0.2, 0) is 14.6 Å². The van der Waals surface area contributed by atoms with E-state index in [-0.39, 0.29) is 4.90 Å². The third-order valence-electron chi connectivity index (χ3n) is 3.15. The van der Waals surface area contributed by atoms with Gasteiger partial charge in [0.2, 0.25) is 5.91 Å². The Labute approximate surface area is 136 Å². The number of nitrogens with two attached hydrogens (primary N) is 1. The molecule has 3 N–H and O–H groups in total. The zero-order valence-electron chi connectivity index (χ0n) is 12.1. The Morgan fingerprint density at radius 2 is 1.77 bits per heavy atom. The average molecular weight is 399 g/mol. The van der Waals surface area contributed by atoms with E-state index in [0.717, 1.165) is 0 Å². The Kier molecular flexibility index (Phi) is 5.69. The van der Waals surface area contributed by atoms with Crippen LogP contribution in [-0.4, -0.2) is 38.1 Å². The van der Waals surface area contributed by atoms with Crippen molar-refractivity contribution < 1.29 is 22.0 Å². The van der Waals surface area contributed by atoms with Crippen LogP contribution in [0.4, 0.5) is 8.78 Å². The first-order chi connectivity index (χ1) is 9.94. The molecule has 5 nitrogen and oxygen atoms in total. The molecule has 0 heterocycles. The second-order valence-corrected chi connectivity index (χ2v) is 8.62. The van der Waals surface area contributed by atoms with Crippen molar-refractivity contribution in [3.8, 4) is 0 Å². The van der Waals surface area contributed by atoms with Crippen molar-refractivity contribution in [2.75, 3.05) is 13.1 Å². The predicted molar refractivity (Wildman–Crippen MR) is 82.4 cm³/mol. The number of alkyl halides is 2. The molecule has 0 unspecified atom stereocenters. The van der Waals surface area contributed by atoms with E-state index in [1.165, 1.54) is 38.1 Å². The van der Waals surface area contributed by atoms with Gasteiger partial charge in [0.05, 0.1) is 18.0 Å². The van der Waals surface area contributed by atoms with Gasteiger partial charge >= 0.3 is 0 Å². The highest BCUT2D eigenvalue weighted by Crippen LogP contribution is 2.27. The maximum Gasteiger partial charge on any atom is 0.277 e. The molecule has 124 valence electrons. The summed E-state index contributed by atoms with van der Waals surface area (Å²) in [6.07, 6.45) is 0. The van der Waals surface area contributed by atoms with E-state index in [4.69, 9.17) is 5.73 Å². The standard InChI is InChI=1S/C13H17BrF2N2O3S/c1-12(2,11(19)18-8-13(15,16)7-17)22(20,21)10-5-3-9(14)4-6-10/h3-6H,7-8,17H2,1-2H3,(H,18,19). The zero-order chi connectivity index (χ0) is 17.2. The Balaban J connectivity index is 3.01. The van der Waals surface area contributed by atoms with Gasteiger partial charge in [-0.2, -0.15) is 0 Å². The van der Waals surface area contributed by atoms with E-state index in [9.17, 15) is 22.0 Å². The molecule has 0 fully saturated rings. The van der Waals surface area contributed by atoms with Crippen molar-refractivity contribution in [1.82, 2.24) is 5.32 Å². The normalized spacial score (nSPS) is 13.0. The summed E-state index contributed by atoms with van der Waals surface area (Å²) >= 11 is 3.18. The Bertz CT molecular complexity index is 646. The van der Waals surface area contributed by atoms with E-state index in [1.807, 2.05) is 5.32 Å². The maximum absolute atomic E-state index is 13.1. The lowest BCUT2D eigenvalue weighted by Crippen LogP contribution is -2.51. The molecule has 0 aliphatic carbocycles. The summed E-state index contributed by atoms with van der Waals surface area (Å²) in [6.45, 7) is 0.384. The number of nitrogens with one attached hydrogen (secondary N) is 1. The van der Waals surface area contributed by atoms with Crippen LogP contribution in [0.25, 0.3) is 0 Å². The van der Waals surface area contributed by atoms with Gasteiger partial charge in [0.25, 0.3) is 5.92 Å². The molecule has 22 heavy (non-hydrogen) atoms. The van der Waals surface area contributed by atoms with E-state index in [1.54, 1.807) is 0 Å². The number of carbonyl (C=O) groups is 1. The quantitative estimate of drug-likeness (QED) is 0.763. The molecule has 1 rings (SSSR count). The first-order valence-corrected chi connectivity index (χ1v) is 8.58. The third-order valence-corrected chi connectivity index (χ3v) is 6.10. The summed E-state index contributed by atoms with van der Waals surface area (Å²) in [4.78, 5) is 12.0. The summed E-state index contributed by atoms with van der Waals surface area (Å²) in [5, 5.41) is 1.94. The second kappa shape index (κ2) is 6.59. The minimum atomic E-state index is -4.04. The summed E-state index contributed by atoms with van der Waals surface area (Å²) in [5.41, 5.74) is 4.87. The molecule has 0 atom stereocenters. The Morgan fingerprint density at radius 1 is 1.27 bits per heavy atom. The fourth-order valence-electron chi connectivity index (χ4n) is 1.53. The smallest absolute Gasteiger partial charge is 0.277 e. The second-order valence-electron chi connectivity index (χ2n) is 5.21. The summed E-state index contributed by atoms with van der Waals surface area (Å²) in [5.74, 6) is -4.30. The molecule has 0 bridgehead atoms. The van der Waals surface area contributed by atoms with E-state index in [2.05, 4.69) is 15.9 Å². The zero-order valence-corrected chi connectivity index (χ0v) is 14.5. The van der Waals surface area contributed by atoms with Gasteiger partial charge in [0.15, 0.2) is 9.84 Å². The summed E-state index contributed by atoms with van der Waals surface area (Å²) in [7, 11) is -4.04. The lowest BCUT2D eigenvalue weighted by atomic mass is 10.2. The molecule has 1 amide bonds. The molecular weight excluding hydrogens is 382 g/mol. The maximum atomic E-state index is 13.1. The Hall–Kier alpha value is -1.06. The van der Waals surface area contributed by atoms with E-state index in [0.29, 0.717) is 4.47 Å². The third kappa shape index (κ3) is 4.02. The van der Waals surface area contributed by atoms with Crippen LogP contribution in [0.15, 0.2) is 33.6 Å². The average Bonchev–Trinajstić information content (AvgIpc) is 2.45. The van der Waals surface area contributed by atoms with Crippen molar-refractivity contribution in [2.24, 2.45) is 5.73 Å². The van der Waals surface area contributed by atoms with Gasteiger partial charge in [0.1, 0.15) is 4.75 Å². The van der Waals surface area contributed by atoms with Crippen LogP contribution in [0.3, 0.4) is 0 Å². The topological polar surface area (TPSA) is 89.3 Å². The summed E-state index contributed by atoms with van der Waals surface area (Å²) < 4.78 is 49.9. The number of hydrogen-bond donors (Lipinski definition) is 2.